The van der Waals surface area contributed by atoms with Crippen molar-refractivity contribution in [3.05, 3.63) is 67.6 Å². The summed E-state index contributed by atoms with van der Waals surface area (Å²) < 4.78 is 0. The zero-order valence-electron chi connectivity index (χ0n) is 10.4. The molecule has 0 fully saturated rings. The lowest BCUT2D eigenvalue weighted by Gasteiger charge is -2.11. The van der Waals surface area contributed by atoms with E-state index in [1.165, 1.54) is 24.3 Å². The molecule has 21 heavy (non-hydrogen) atoms. The second-order valence-corrected chi connectivity index (χ2v) is 5.97. The van der Waals surface area contributed by atoms with Crippen LogP contribution in [-0.4, -0.2) is 5.78 Å². The average Bonchev–Trinajstić information content (AvgIpc) is 2.40. The standard InChI is InChI=1S/C15H7Cl4NO/c16-9-1-2-12(14(19)6-9)13(7-20)15(21)8-3-10(17)5-11(18)4-8/h1-6,13H. The van der Waals surface area contributed by atoms with E-state index in [0.29, 0.717) is 20.6 Å². The maximum Gasteiger partial charge on any atom is 0.184 e. The van der Waals surface area contributed by atoms with Crippen LogP contribution in [0.25, 0.3) is 0 Å². The van der Waals surface area contributed by atoms with E-state index < -0.39 is 11.7 Å². The van der Waals surface area contributed by atoms with Gasteiger partial charge in [0.2, 0.25) is 0 Å². The van der Waals surface area contributed by atoms with Crippen LogP contribution in [0.5, 0.6) is 0 Å². The number of ketones is 1. The van der Waals surface area contributed by atoms with Crippen LogP contribution < -0.4 is 0 Å². The Kier molecular flexibility index (Phi) is 5.13. The number of carbonyl (C=O) groups excluding carboxylic acids is 1. The summed E-state index contributed by atoms with van der Waals surface area (Å²) in [4.78, 5) is 12.5. The van der Waals surface area contributed by atoms with E-state index in [0.717, 1.165) is 0 Å². The molecule has 106 valence electrons. The summed E-state index contributed by atoms with van der Waals surface area (Å²) in [5.41, 5.74) is 0.648. The first kappa shape index (κ1) is 16.1. The minimum atomic E-state index is -1.05. The predicted octanol–water partition coefficient (Wildman–Crippen LogP) is 5.79. The summed E-state index contributed by atoms with van der Waals surface area (Å²) in [7, 11) is 0. The van der Waals surface area contributed by atoms with Gasteiger partial charge < -0.3 is 0 Å². The number of nitrogens with zero attached hydrogens (tertiary/aromatic N) is 1. The molecule has 0 aliphatic rings. The van der Waals surface area contributed by atoms with Crippen molar-refractivity contribution in [2.24, 2.45) is 0 Å². The molecular weight excluding hydrogens is 352 g/mol. The van der Waals surface area contributed by atoms with Crippen LogP contribution in [0.15, 0.2) is 36.4 Å². The van der Waals surface area contributed by atoms with Gasteiger partial charge in [-0.2, -0.15) is 5.26 Å². The monoisotopic (exact) mass is 357 g/mol. The zero-order chi connectivity index (χ0) is 15.6. The second-order valence-electron chi connectivity index (χ2n) is 4.25. The third kappa shape index (κ3) is 3.70. The van der Waals surface area contributed by atoms with Gasteiger partial charge in [0.05, 0.1) is 6.07 Å². The lowest BCUT2D eigenvalue weighted by molar-refractivity contribution is 0.0979. The Labute approximate surface area is 141 Å². The van der Waals surface area contributed by atoms with Gasteiger partial charge in [0.15, 0.2) is 5.78 Å². The molecule has 0 amide bonds. The maximum absolute atomic E-state index is 12.5. The molecule has 1 unspecified atom stereocenters. The maximum atomic E-state index is 12.5. The van der Waals surface area contributed by atoms with E-state index in [1.54, 1.807) is 12.1 Å². The van der Waals surface area contributed by atoms with Gasteiger partial charge >= 0.3 is 0 Å². The Hall–Kier alpha value is -1.24. The van der Waals surface area contributed by atoms with Crippen LogP contribution in [0, 0.1) is 11.3 Å². The summed E-state index contributed by atoms with van der Waals surface area (Å²) in [6, 6.07) is 11.0. The van der Waals surface area contributed by atoms with E-state index in [4.69, 9.17) is 46.4 Å². The molecule has 0 bridgehead atoms. The number of halogens is 4. The molecule has 0 radical (unpaired) electrons. The molecule has 0 heterocycles. The molecule has 2 nitrogen and oxygen atoms in total. The van der Waals surface area contributed by atoms with Crippen LogP contribution >= 0.6 is 46.4 Å². The Balaban J connectivity index is 2.46. The number of benzene rings is 2. The molecule has 0 N–H and O–H groups in total. The van der Waals surface area contributed by atoms with Gasteiger partial charge in [0, 0.05) is 25.7 Å². The van der Waals surface area contributed by atoms with Gasteiger partial charge in [0.1, 0.15) is 5.92 Å². The molecule has 2 rings (SSSR count). The molecule has 0 saturated heterocycles. The quantitative estimate of drug-likeness (QED) is 0.651. The van der Waals surface area contributed by atoms with Crippen LogP contribution in [0.4, 0.5) is 0 Å². The fraction of sp³-hybridized carbons (Fsp3) is 0.0667. The lowest BCUT2D eigenvalue weighted by Crippen LogP contribution is -2.12. The number of rotatable bonds is 3. The number of Topliss-reactive ketones (excluding diaryl/α,β-unsaturated/α-hetero) is 1. The molecular formula is C15H7Cl4NO. The van der Waals surface area contributed by atoms with E-state index in [9.17, 15) is 10.1 Å². The summed E-state index contributed by atoms with van der Waals surface area (Å²) in [5.74, 6) is -1.48. The Bertz CT molecular complexity index is 732. The van der Waals surface area contributed by atoms with Crippen LogP contribution in [0.3, 0.4) is 0 Å². The van der Waals surface area contributed by atoms with E-state index >= 15 is 0 Å². The topological polar surface area (TPSA) is 40.9 Å². The fourth-order valence-corrected chi connectivity index (χ4v) is 2.91. The third-order valence-corrected chi connectivity index (χ3v) is 3.81. The van der Waals surface area contributed by atoms with Gasteiger partial charge in [-0.25, -0.2) is 0 Å². The second kappa shape index (κ2) is 6.68. The fourth-order valence-electron chi connectivity index (χ4n) is 1.87. The van der Waals surface area contributed by atoms with Gasteiger partial charge in [-0.15, -0.1) is 0 Å². The minimum absolute atomic E-state index is 0.255. The first-order chi connectivity index (χ1) is 9.92. The van der Waals surface area contributed by atoms with Crippen molar-refractivity contribution in [1.82, 2.24) is 0 Å². The molecule has 0 aliphatic carbocycles. The Morgan fingerprint density at radius 1 is 0.952 bits per heavy atom. The average molecular weight is 359 g/mol. The molecule has 2 aromatic carbocycles. The molecule has 2 aromatic rings. The lowest BCUT2D eigenvalue weighted by atomic mass is 9.92. The van der Waals surface area contributed by atoms with Crippen molar-refractivity contribution in [3.63, 3.8) is 0 Å². The highest BCUT2D eigenvalue weighted by Crippen LogP contribution is 2.31. The molecule has 6 heteroatoms. The number of nitriles is 1. The highest BCUT2D eigenvalue weighted by molar-refractivity contribution is 6.36. The normalized spacial score (nSPS) is 11.8. The van der Waals surface area contributed by atoms with Crippen molar-refractivity contribution in [2.75, 3.05) is 0 Å². The molecule has 0 saturated carbocycles. The summed E-state index contributed by atoms with van der Waals surface area (Å²) in [6.07, 6.45) is 0. The van der Waals surface area contributed by atoms with E-state index in [2.05, 4.69) is 0 Å². The minimum Gasteiger partial charge on any atom is -0.292 e. The Morgan fingerprint density at radius 2 is 1.57 bits per heavy atom. The first-order valence-corrected chi connectivity index (χ1v) is 7.28. The van der Waals surface area contributed by atoms with Crippen LogP contribution in [0.1, 0.15) is 21.8 Å². The van der Waals surface area contributed by atoms with Gasteiger partial charge in [-0.05, 0) is 35.9 Å². The Morgan fingerprint density at radius 3 is 2.10 bits per heavy atom. The van der Waals surface area contributed by atoms with Crippen molar-refractivity contribution < 1.29 is 4.79 Å². The van der Waals surface area contributed by atoms with Crippen LogP contribution in [-0.2, 0) is 0 Å². The largest absolute Gasteiger partial charge is 0.292 e. The SMILES string of the molecule is N#CC(C(=O)c1cc(Cl)cc(Cl)c1)c1ccc(Cl)cc1Cl. The highest BCUT2D eigenvalue weighted by atomic mass is 35.5. The summed E-state index contributed by atoms with van der Waals surface area (Å²) >= 11 is 23.6. The zero-order valence-corrected chi connectivity index (χ0v) is 13.4. The number of hydrogen-bond acceptors (Lipinski definition) is 2. The van der Waals surface area contributed by atoms with Gasteiger partial charge in [-0.3, -0.25) is 4.79 Å². The van der Waals surface area contributed by atoms with Gasteiger partial charge in [-0.1, -0.05) is 52.5 Å². The number of carbonyl (C=O) groups is 1. The summed E-state index contributed by atoms with van der Waals surface area (Å²) in [5, 5.41) is 10.7. The summed E-state index contributed by atoms with van der Waals surface area (Å²) in [6.45, 7) is 0. The smallest absolute Gasteiger partial charge is 0.184 e. The van der Waals surface area contributed by atoms with Gasteiger partial charge in [0.25, 0.3) is 0 Å². The third-order valence-electron chi connectivity index (χ3n) is 2.81. The molecule has 1 atom stereocenters. The van der Waals surface area contributed by atoms with Crippen LogP contribution in [0.2, 0.25) is 20.1 Å². The highest BCUT2D eigenvalue weighted by Gasteiger charge is 2.24. The van der Waals surface area contributed by atoms with E-state index in [1.807, 2.05) is 6.07 Å². The van der Waals surface area contributed by atoms with Crippen molar-refractivity contribution in [2.45, 2.75) is 5.92 Å². The first-order valence-electron chi connectivity index (χ1n) is 5.77. The van der Waals surface area contributed by atoms with E-state index in [-0.39, 0.29) is 10.6 Å². The van der Waals surface area contributed by atoms with Crippen molar-refractivity contribution in [3.8, 4) is 6.07 Å². The molecule has 0 aromatic heterocycles. The molecule has 0 spiro atoms. The predicted molar refractivity (Wildman–Crippen MR) is 85.6 cm³/mol. The van der Waals surface area contributed by atoms with Crippen molar-refractivity contribution in [1.29, 1.82) is 5.26 Å². The van der Waals surface area contributed by atoms with Crippen molar-refractivity contribution >= 4 is 52.2 Å². The number of hydrogen-bond donors (Lipinski definition) is 0. The molecule has 0 aliphatic heterocycles.